The van der Waals surface area contributed by atoms with Gasteiger partial charge in [0.1, 0.15) is 0 Å². The molecule has 0 fully saturated rings. The van der Waals surface area contributed by atoms with Crippen LogP contribution in [0, 0.1) is 16.0 Å². The van der Waals surface area contributed by atoms with Gasteiger partial charge in [0, 0.05) is 12.1 Å². The Labute approximate surface area is 117 Å². The van der Waals surface area contributed by atoms with Gasteiger partial charge >= 0.3 is 11.7 Å². The molecule has 1 N–H and O–H groups in total. The molecule has 0 spiro atoms. The van der Waals surface area contributed by atoms with Crippen LogP contribution in [-0.4, -0.2) is 29.0 Å². The van der Waals surface area contributed by atoms with Gasteiger partial charge in [0.05, 0.1) is 12.0 Å². The largest absolute Gasteiger partial charge is 0.464 e. The van der Waals surface area contributed by atoms with Crippen LogP contribution in [0.15, 0.2) is 12.1 Å². The van der Waals surface area contributed by atoms with Crippen LogP contribution >= 0.6 is 0 Å². The molecule has 0 radical (unpaired) electrons. The molecule has 0 bridgehead atoms. The quantitative estimate of drug-likeness (QED) is 0.489. The average molecular weight is 281 g/mol. The van der Waals surface area contributed by atoms with Crippen molar-refractivity contribution < 1.29 is 14.5 Å². The van der Waals surface area contributed by atoms with Crippen molar-refractivity contribution in [1.82, 2.24) is 4.98 Å². The molecule has 1 unspecified atom stereocenters. The number of aromatic nitrogens is 1. The monoisotopic (exact) mass is 281 g/mol. The molecular weight excluding hydrogens is 262 g/mol. The van der Waals surface area contributed by atoms with Crippen LogP contribution in [0.5, 0.6) is 0 Å². The summed E-state index contributed by atoms with van der Waals surface area (Å²) in [4.78, 5) is 25.9. The van der Waals surface area contributed by atoms with Crippen molar-refractivity contribution in [3.05, 3.63) is 27.9 Å². The molecule has 1 aromatic rings. The Hall–Kier alpha value is -2.18. The van der Waals surface area contributed by atoms with Crippen LogP contribution < -0.4 is 5.32 Å². The van der Waals surface area contributed by atoms with E-state index < -0.39 is 10.9 Å². The number of hydrogen-bond donors (Lipinski definition) is 1. The van der Waals surface area contributed by atoms with Gasteiger partial charge in [-0.2, -0.15) is 0 Å². The van der Waals surface area contributed by atoms with Gasteiger partial charge in [-0.05, 0) is 25.3 Å². The number of hydrogen-bond acceptors (Lipinski definition) is 6. The zero-order valence-electron chi connectivity index (χ0n) is 12.0. The third-order valence-electron chi connectivity index (χ3n) is 2.67. The number of nitro groups is 1. The molecule has 0 aliphatic carbocycles. The first kappa shape index (κ1) is 15.9. The Kier molecular flexibility index (Phi) is 5.42. The Morgan fingerprint density at radius 2 is 2.10 bits per heavy atom. The number of pyridine rings is 1. The van der Waals surface area contributed by atoms with Gasteiger partial charge in [-0.1, -0.05) is 13.8 Å². The summed E-state index contributed by atoms with van der Waals surface area (Å²) in [6.07, 6.45) is 0.835. The van der Waals surface area contributed by atoms with E-state index in [0.29, 0.717) is 5.92 Å². The van der Waals surface area contributed by atoms with E-state index >= 15 is 0 Å². The molecule has 0 aromatic carbocycles. The van der Waals surface area contributed by atoms with Crippen molar-refractivity contribution in [2.45, 2.75) is 33.2 Å². The predicted octanol–water partition coefficient (Wildman–Crippen LogP) is 2.62. The Morgan fingerprint density at radius 1 is 1.45 bits per heavy atom. The second-order valence-corrected chi connectivity index (χ2v) is 4.99. The minimum atomic E-state index is -0.625. The maximum absolute atomic E-state index is 11.4. The number of methoxy groups -OCH3 is 1. The lowest BCUT2D eigenvalue weighted by atomic mass is 10.1. The topological polar surface area (TPSA) is 94.4 Å². The summed E-state index contributed by atoms with van der Waals surface area (Å²) in [6.45, 7) is 6.03. The minimum absolute atomic E-state index is 0.00842. The molecule has 1 rings (SSSR count). The van der Waals surface area contributed by atoms with Crippen LogP contribution in [0.3, 0.4) is 0 Å². The minimum Gasteiger partial charge on any atom is -0.464 e. The summed E-state index contributed by atoms with van der Waals surface area (Å²) in [7, 11) is 1.24. The summed E-state index contributed by atoms with van der Waals surface area (Å²) in [5.41, 5.74) is -0.120. The van der Waals surface area contributed by atoms with Crippen LogP contribution in [0.2, 0.25) is 0 Å². The number of esters is 1. The van der Waals surface area contributed by atoms with Gasteiger partial charge in [0.15, 0.2) is 5.69 Å². The highest BCUT2D eigenvalue weighted by Crippen LogP contribution is 2.24. The van der Waals surface area contributed by atoms with E-state index in [0.717, 1.165) is 6.42 Å². The van der Waals surface area contributed by atoms with Crippen molar-refractivity contribution in [2.24, 2.45) is 5.92 Å². The van der Waals surface area contributed by atoms with E-state index in [1.54, 1.807) is 0 Å². The fourth-order valence-electron chi connectivity index (χ4n) is 1.92. The molecule has 0 aliphatic rings. The number of nitrogens with zero attached hydrogens (tertiary/aromatic N) is 2. The SMILES string of the molecule is COC(=O)c1ccc([N+](=O)[O-])c(NC(C)CC(C)C)n1. The van der Waals surface area contributed by atoms with Crippen molar-refractivity contribution in [3.63, 3.8) is 0 Å². The number of rotatable bonds is 6. The zero-order chi connectivity index (χ0) is 15.3. The molecule has 110 valence electrons. The van der Waals surface area contributed by atoms with Crippen LogP contribution in [-0.2, 0) is 4.74 Å². The van der Waals surface area contributed by atoms with Gasteiger partial charge in [-0.3, -0.25) is 10.1 Å². The van der Waals surface area contributed by atoms with E-state index in [4.69, 9.17) is 0 Å². The summed E-state index contributed by atoms with van der Waals surface area (Å²) >= 11 is 0. The van der Waals surface area contributed by atoms with Gasteiger partial charge in [0.2, 0.25) is 5.82 Å². The second-order valence-electron chi connectivity index (χ2n) is 4.99. The first-order valence-corrected chi connectivity index (χ1v) is 6.35. The predicted molar refractivity (Wildman–Crippen MR) is 74.8 cm³/mol. The van der Waals surface area contributed by atoms with Crippen molar-refractivity contribution >= 4 is 17.5 Å². The summed E-state index contributed by atoms with van der Waals surface area (Å²) in [5, 5.41) is 14.0. The molecular formula is C13H19N3O4. The summed E-state index contributed by atoms with van der Waals surface area (Å²) in [5.74, 6) is -0.0918. The normalized spacial score (nSPS) is 12.1. The van der Waals surface area contributed by atoms with E-state index in [2.05, 4.69) is 28.9 Å². The van der Waals surface area contributed by atoms with Gasteiger partial charge in [0.25, 0.3) is 0 Å². The van der Waals surface area contributed by atoms with E-state index in [-0.39, 0.29) is 23.2 Å². The molecule has 0 amide bonds. The fraction of sp³-hybridized carbons (Fsp3) is 0.538. The third kappa shape index (κ3) is 4.18. The number of carbonyl (C=O) groups is 1. The van der Waals surface area contributed by atoms with Crippen LogP contribution in [0.25, 0.3) is 0 Å². The van der Waals surface area contributed by atoms with Crippen LogP contribution in [0.4, 0.5) is 11.5 Å². The highest BCUT2D eigenvalue weighted by atomic mass is 16.6. The molecule has 0 aliphatic heterocycles. The Morgan fingerprint density at radius 3 is 2.60 bits per heavy atom. The molecule has 1 heterocycles. The molecule has 20 heavy (non-hydrogen) atoms. The van der Waals surface area contributed by atoms with Gasteiger partial charge in [-0.25, -0.2) is 9.78 Å². The Balaban J connectivity index is 3.06. The Bertz CT molecular complexity index is 502. The third-order valence-corrected chi connectivity index (χ3v) is 2.67. The van der Waals surface area contributed by atoms with Gasteiger partial charge < -0.3 is 10.1 Å². The standard InChI is InChI=1S/C13H19N3O4/c1-8(2)7-9(3)14-12-11(16(18)19)6-5-10(15-12)13(17)20-4/h5-6,8-9H,7H2,1-4H3,(H,14,15). The highest BCUT2D eigenvalue weighted by Gasteiger charge is 2.20. The molecule has 7 heteroatoms. The molecule has 0 saturated heterocycles. The number of carbonyl (C=O) groups excluding carboxylic acids is 1. The van der Waals surface area contributed by atoms with E-state index in [1.165, 1.54) is 19.2 Å². The zero-order valence-corrected chi connectivity index (χ0v) is 12.0. The number of anilines is 1. The first-order chi connectivity index (χ1) is 9.35. The molecule has 1 atom stereocenters. The van der Waals surface area contributed by atoms with E-state index in [1.807, 2.05) is 6.92 Å². The maximum Gasteiger partial charge on any atom is 0.356 e. The first-order valence-electron chi connectivity index (χ1n) is 6.35. The summed E-state index contributed by atoms with van der Waals surface area (Å²) < 4.78 is 4.56. The van der Waals surface area contributed by atoms with Crippen molar-refractivity contribution in [2.75, 3.05) is 12.4 Å². The average Bonchev–Trinajstić information content (AvgIpc) is 2.36. The lowest BCUT2D eigenvalue weighted by Gasteiger charge is -2.16. The van der Waals surface area contributed by atoms with E-state index in [9.17, 15) is 14.9 Å². The van der Waals surface area contributed by atoms with Crippen LogP contribution in [0.1, 0.15) is 37.7 Å². The number of ether oxygens (including phenoxy) is 1. The maximum atomic E-state index is 11.4. The molecule has 1 aromatic heterocycles. The second kappa shape index (κ2) is 6.83. The lowest BCUT2D eigenvalue weighted by molar-refractivity contribution is -0.384. The fourth-order valence-corrected chi connectivity index (χ4v) is 1.92. The highest BCUT2D eigenvalue weighted by molar-refractivity contribution is 5.88. The van der Waals surface area contributed by atoms with Crippen molar-refractivity contribution in [1.29, 1.82) is 0 Å². The van der Waals surface area contributed by atoms with Gasteiger partial charge in [-0.15, -0.1) is 0 Å². The smallest absolute Gasteiger partial charge is 0.356 e. The van der Waals surface area contributed by atoms with Crippen molar-refractivity contribution in [3.8, 4) is 0 Å². The lowest BCUT2D eigenvalue weighted by Crippen LogP contribution is -2.20. The molecule has 0 saturated carbocycles. The number of nitrogens with one attached hydrogen (secondary N) is 1. The summed E-state index contributed by atoms with van der Waals surface area (Å²) in [6, 6.07) is 2.54. The molecule has 7 nitrogen and oxygen atoms in total.